The average Bonchev–Trinajstić information content (AvgIpc) is 2.42. The number of aromatic carboxylic acids is 1. The number of aryl methyl sites for hydroxylation is 1. The average molecular weight is 275 g/mol. The number of pyridine rings is 1. The summed E-state index contributed by atoms with van der Waals surface area (Å²) in [5.74, 6) is -1.05. The zero-order valence-electron chi connectivity index (χ0n) is 11.0. The second kappa shape index (κ2) is 5.52. The van der Waals surface area contributed by atoms with E-state index < -0.39 is 5.97 Å². The van der Waals surface area contributed by atoms with Crippen LogP contribution in [0.4, 0.5) is 0 Å². The van der Waals surface area contributed by atoms with E-state index in [0.29, 0.717) is 11.4 Å². The van der Waals surface area contributed by atoms with Crippen LogP contribution in [-0.2, 0) is 6.54 Å². The van der Waals surface area contributed by atoms with Crippen LogP contribution in [0.1, 0.15) is 21.7 Å². The van der Waals surface area contributed by atoms with Crippen LogP contribution in [0.25, 0.3) is 0 Å². The minimum atomic E-state index is -1.05. The Hall–Kier alpha value is -2.70. The monoisotopic (exact) mass is 275 g/mol. The van der Waals surface area contributed by atoms with Crippen molar-refractivity contribution in [3.8, 4) is 6.01 Å². The molecule has 0 amide bonds. The molecule has 7 heteroatoms. The van der Waals surface area contributed by atoms with E-state index in [0.717, 1.165) is 0 Å². The number of hydrogen-bond donors (Lipinski definition) is 1. The molecule has 0 spiro atoms. The van der Waals surface area contributed by atoms with Crippen molar-refractivity contribution in [2.24, 2.45) is 0 Å². The quantitative estimate of drug-likeness (QED) is 0.882. The van der Waals surface area contributed by atoms with Crippen LogP contribution >= 0.6 is 0 Å². The number of methoxy groups -OCH3 is 1. The lowest BCUT2D eigenvalue weighted by Crippen LogP contribution is -2.23. The summed E-state index contributed by atoms with van der Waals surface area (Å²) in [6, 6.07) is 4.58. The molecule has 0 aliphatic heterocycles. The third-order valence-electron chi connectivity index (χ3n) is 2.68. The summed E-state index contributed by atoms with van der Waals surface area (Å²) in [7, 11) is 1.43. The number of carboxylic acid groups (broad SMARTS) is 1. The summed E-state index contributed by atoms with van der Waals surface area (Å²) >= 11 is 0. The first-order valence-corrected chi connectivity index (χ1v) is 5.82. The zero-order chi connectivity index (χ0) is 14.7. The van der Waals surface area contributed by atoms with Crippen molar-refractivity contribution in [1.29, 1.82) is 0 Å². The van der Waals surface area contributed by atoms with Crippen molar-refractivity contribution in [2.75, 3.05) is 7.11 Å². The van der Waals surface area contributed by atoms with E-state index in [2.05, 4.69) is 9.97 Å². The van der Waals surface area contributed by atoms with Crippen molar-refractivity contribution in [3.05, 3.63) is 51.7 Å². The minimum absolute atomic E-state index is 0.0927. The molecular formula is C13H13N3O4. The molecular weight excluding hydrogens is 262 g/mol. The Bertz CT molecular complexity index is 692. The third-order valence-corrected chi connectivity index (χ3v) is 2.68. The summed E-state index contributed by atoms with van der Waals surface area (Å²) in [5, 5.41) is 8.80. The molecule has 0 unspecified atom stereocenters. The van der Waals surface area contributed by atoms with Gasteiger partial charge >= 0.3 is 5.97 Å². The summed E-state index contributed by atoms with van der Waals surface area (Å²) in [6.07, 6.45) is 1.25. The van der Waals surface area contributed by atoms with E-state index in [1.807, 2.05) is 0 Å². The van der Waals surface area contributed by atoms with Gasteiger partial charge in [0.1, 0.15) is 0 Å². The largest absolute Gasteiger partial charge is 0.478 e. The van der Waals surface area contributed by atoms with Gasteiger partial charge in [-0.25, -0.2) is 9.78 Å². The highest BCUT2D eigenvalue weighted by molar-refractivity contribution is 5.87. The predicted molar refractivity (Wildman–Crippen MR) is 70.1 cm³/mol. The highest BCUT2D eigenvalue weighted by Gasteiger charge is 2.09. The van der Waals surface area contributed by atoms with Gasteiger partial charge in [-0.2, -0.15) is 0 Å². The standard InChI is InChI=1S/C13H13N3O4/c1-8-5-11(17)16(13(15-8)20-2)7-10-4-3-9(6-14-10)12(18)19/h3-6H,7H2,1-2H3,(H,18,19). The van der Waals surface area contributed by atoms with Gasteiger partial charge in [0.05, 0.1) is 24.9 Å². The van der Waals surface area contributed by atoms with E-state index in [1.54, 1.807) is 13.0 Å². The highest BCUT2D eigenvalue weighted by atomic mass is 16.5. The molecule has 104 valence electrons. The van der Waals surface area contributed by atoms with Gasteiger partial charge in [-0.1, -0.05) is 0 Å². The van der Waals surface area contributed by atoms with Gasteiger partial charge in [0, 0.05) is 18.0 Å². The highest BCUT2D eigenvalue weighted by Crippen LogP contribution is 2.08. The van der Waals surface area contributed by atoms with Crippen LogP contribution in [0.3, 0.4) is 0 Å². The van der Waals surface area contributed by atoms with Gasteiger partial charge in [-0.3, -0.25) is 14.3 Å². The summed E-state index contributed by atoms with van der Waals surface area (Å²) in [6.45, 7) is 1.86. The molecule has 2 heterocycles. The van der Waals surface area contributed by atoms with Crippen LogP contribution in [0.2, 0.25) is 0 Å². The van der Waals surface area contributed by atoms with Crippen molar-refractivity contribution in [2.45, 2.75) is 13.5 Å². The first-order chi connectivity index (χ1) is 9.51. The van der Waals surface area contributed by atoms with Gasteiger partial charge in [0.25, 0.3) is 11.6 Å². The Morgan fingerprint density at radius 2 is 2.20 bits per heavy atom. The maximum atomic E-state index is 11.9. The molecule has 0 aliphatic rings. The Kier molecular flexibility index (Phi) is 3.79. The third kappa shape index (κ3) is 2.82. The Morgan fingerprint density at radius 3 is 2.75 bits per heavy atom. The van der Waals surface area contributed by atoms with Crippen LogP contribution in [0, 0.1) is 6.92 Å². The summed E-state index contributed by atoms with van der Waals surface area (Å²) in [5.41, 5.74) is 0.951. The zero-order valence-corrected chi connectivity index (χ0v) is 11.0. The number of aromatic nitrogens is 3. The van der Waals surface area contributed by atoms with E-state index in [4.69, 9.17) is 9.84 Å². The number of carboxylic acids is 1. The smallest absolute Gasteiger partial charge is 0.337 e. The molecule has 7 nitrogen and oxygen atoms in total. The van der Waals surface area contributed by atoms with E-state index in [-0.39, 0.29) is 23.7 Å². The molecule has 0 fully saturated rings. The van der Waals surface area contributed by atoms with E-state index >= 15 is 0 Å². The molecule has 20 heavy (non-hydrogen) atoms. The molecule has 0 saturated heterocycles. The van der Waals surface area contributed by atoms with Crippen LogP contribution in [0.15, 0.2) is 29.2 Å². The second-order valence-corrected chi connectivity index (χ2v) is 4.15. The lowest BCUT2D eigenvalue weighted by molar-refractivity contribution is 0.0696. The molecule has 0 aromatic carbocycles. The predicted octanol–water partition coefficient (Wildman–Crippen LogP) is 0.702. The normalized spacial score (nSPS) is 10.3. The van der Waals surface area contributed by atoms with Gasteiger partial charge in [-0.15, -0.1) is 0 Å². The van der Waals surface area contributed by atoms with Gasteiger partial charge in [-0.05, 0) is 19.1 Å². The lowest BCUT2D eigenvalue weighted by atomic mass is 10.2. The van der Waals surface area contributed by atoms with Crippen LogP contribution < -0.4 is 10.3 Å². The maximum Gasteiger partial charge on any atom is 0.337 e. The Labute approximate surface area is 114 Å². The van der Waals surface area contributed by atoms with Gasteiger partial charge in [0.15, 0.2) is 0 Å². The van der Waals surface area contributed by atoms with Crippen LogP contribution in [0.5, 0.6) is 6.01 Å². The summed E-state index contributed by atoms with van der Waals surface area (Å²) in [4.78, 5) is 30.8. The van der Waals surface area contributed by atoms with Crippen molar-refractivity contribution in [3.63, 3.8) is 0 Å². The van der Waals surface area contributed by atoms with Crippen molar-refractivity contribution in [1.82, 2.24) is 14.5 Å². The summed E-state index contributed by atoms with van der Waals surface area (Å²) < 4.78 is 6.40. The Morgan fingerprint density at radius 1 is 1.45 bits per heavy atom. The SMILES string of the molecule is COc1nc(C)cc(=O)n1Cc1ccc(C(=O)O)cn1. The number of nitrogens with zero attached hydrogens (tertiary/aromatic N) is 3. The van der Waals surface area contributed by atoms with E-state index in [1.165, 1.54) is 30.0 Å². The molecule has 2 aromatic rings. The van der Waals surface area contributed by atoms with Gasteiger partial charge in [0.2, 0.25) is 0 Å². The molecule has 2 aromatic heterocycles. The fourth-order valence-electron chi connectivity index (χ4n) is 1.70. The Balaban J connectivity index is 2.34. The molecule has 1 N–H and O–H groups in total. The van der Waals surface area contributed by atoms with Crippen molar-refractivity contribution < 1.29 is 14.6 Å². The van der Waals surface area contributed by atoms with E-state index in [9.17, 15) is 9.59 Å². The molecule has 0 radical (unpaired) electrons. The number of ether oxygens (including phenoxy) is 1. The molecule has 0 saturated carbocycles. The minimum Gasteiger partial charge on any atom is -0.478 e. The first kappa shape index (κ1) is 13.7. The number of rotatable bonds is 4. The first-order valence-electron chi connectivity index (χ1n) is 5.82. The fraction of sp³-hybridized carbons (Fsp3) is 0.231. The molecule has 0 aliphatic carbocycles. The maximum absolute atomic E-state index is 11.9. The number of hydrogen-bond acceptors (Lipinski definition) is 5. The molecule has 0 atom stereocenters. The van der Waals surface area contributed by atoms with Crippen LogP contribution in [-0.4, -0.2) is 32.7 Å². The number of carbonyl (C=O) groups is 1. The second-order valence-electron chi connectivity index (χ2n) is 4.15. The topological polar surface area (TPSA) is 94.3 Å². The fourth-order valence-corrected chi connectivity index (χ4v) is 1.70. The molecule has 2 rings (SSSR count). The molecule has 0 bridgehead atoms. The van der Waals surface area contributed by atoms with Gasteiger partial charge < -0.3 is 9.84 Å². The van der Waals surface area contributed by atoms with Crippen molar-refractivity contribution >= 4 is 5.97 Å². The lowest BCUT2D eigenvalue weighted by Gasteiger charge is -2.10.